The maximum Gasteiger partial charge on any atom is 0.255 e. The third kappa shape index (κ3) is 5.51. The zero-order chi connectivity index (χ0) is 25.3. The van der Waals surface area contributed by atoms with Crippen molar-refractivity contribution >= 4 is 23.1 Å². The van der Waals surface area contributed by atoms with Crippen molar-refractivity contribution in [1.29, 1.82) is 0 Å². The molecule has 0 aliphatic carbocycles. The Hall–Kier alpha value is -3.31. The van der Waals surface area contributed by atoms with Crippen molar-refractivity contribution in [2.24, 2.45) is 0 Å². The van der Waals surface area contributed by atoms with E-state index >= 15 is 0 Å². The van der Waals surface area contributed by atoms with Crippen molar-refractivity contribution in [3.8, 4) is 11.4 Å². The predicted molar refractivity (Wildman–Crippen MR) is 131 cm³/mol. The van der Waals surface area contributed by atoms with Crippen LogP contribution in [0.3, 0.4) is 0 Å². The van der Waals surface area contributed by atoms with Crippen molar-refractivity contribution in [3.05, 3.63) is 36.2 Å². The van der Waals surface area contributed by atoms with E-state index in [1.807, 2.05) is 30.9 Å². The summed E-state index contributed by atoms with van der Waals surface area (Å²) >= 11 is 0. The Morgan fingerprint density at radius 3 is 2.71 bits per heavy atom. The number of alkyl halides is 1. The molecule has 188 valence electrons. The Morgan fingerprint density at radius 1 is 1.29 bits per heavy atom. The Bertz CT molecular complexity index is 1210. The predicted octanol–water partition coefficient (Wildman–Crippen LogP) is 2.02. The third-order valence-electron chi connectivity index (χ3n) is 5.90. The maximum absolute atomic E-state index is 14.1. The molecule has 1 aliphatic rings. The van der Waals surface area contributed by atoms with E-state index < -0.39 is 17.7 Å². The number of halogens is 1. The summed E-state index contributed by atoms with van der Waals surface area (Å²) in [6, 6.07) is 5.51. The molecular weight excluding hydrogens is 453 g/mol. The van der Waals surface area contributed by atoms with Gasteiger partial charge in [-0.05, 0) is 52.3 Å². The molecule has 0 spiro atoms. The molecule has 4 heterocycles. The molecule has 4 N–H and O–H groups in total. The molecule has 3 aromatic heterocycles. The number of aromatic nitrogens is 4. The maximum atomic E-state index is 14.1. The zero-order valence-electron chi connectivity index (χ0n) is 20.4. The number of aliphatic hydroxyl groups excluding tert-OH is 1. The topological polar surface area (TPSA) is 128 Å². The van der Waals surface area contributed by atoms with Gasteiger partial charge < -0.3 is 25.7 Å². The van der Waals surface area contributed by atoms with Gasteiger partial charge in [0.1, 0.15) is 17.7 Å². The van der Waals surface area contributed by atoms with Crippen LogP contribution in [-0.4, -0.2) is 79.3 Å². The first-order valence-electron chi connectivity index (χ1n) is 11.7. The monoisotopic (exact) mass is 485 g/mol. The van der Waals surface area contributed by atoms with Crippen LogP contribution in [0.2, 0.25) is 0 Å². The van der Waals surface area contributed by atoms with Crippen LogP contribution in [0.4, 0.5) is 15.9 Å². The minimum absolute atomic E-state index is 0.0237. The van der Waals surface area contributed by atoms with E-state index in [2.05, 4.69) is 20.6 Å². The number of carbonyl (C=O) groups is 1. The van der Waals surface area contributed by atoms with Crippen LogP contribution in [0.15, 0.2) is 30.6 Å². The van der Waals surface area contributed by atoms with Crippen molar-refractivity contribution in [2.45, 2.75) is 58.0 Å². The van der Waals surface area contributed by atoms with Crippen LogP contribution in [0, 0.1) is 0 Å². The fraction of sp³-hybridized carbons (Fsp3) is 0.500. The second-order valence-electron chi connectivity index (χ2n) is 9.74. The van der Waals surface area contributed by atoms with E-state index in [0.29, 0.717) is 35.7 Å². The normalized spacial score (nSPS) is 17.3. The molecule has 35 heavy (non-hydrogen) atoms. The number of imidazole rings is 1. The molecule has 4 rings (SSSR count). The summed E-state index contributed by atoms with van der Waals surface area (Å²) in [5, 5.41) is 30.2. The van der Waals surface area contributed by atoms with Crippen molar-refractivity contribution in [1.82, 2.24) is 24.9 Å². The molecule has 1 unspecified atom stereocenters. The number of pyridine rings is 1. The van der Waals surface area contributed by atoms with E-state index in [4.69, 9.17) is 5.10 Å². The number of aliphatic hydroxyl groups is 2. The summed E-state index contributed by atoms with van der Waals surface area (Å²) in [6.45, 7) is 7.53. The number of amides is 1. The van der Waals surface area contributed by atoms with Crippen LogP contribution in [0.5, 0.6) is 0 Å². The van der Waals surface area contributed by atoms with E-state index in [9.17, 15) is 19.4 Å². The first kappa shape index (κ1) is 24.8. The van der Waals surface area contributed by atoms with Gasteiger partial charge in [-0.1, -0.05) is 0 Å². The minimum atomic E-state index is -1.62. The summed E-state index contributed by atoms with van der Waals surface area (Å²) in [4.78, 5) is 23.7. The lowest BCUT2D eigenvalue weighted by Crippen LogP contribution is -2.42. The summed E-state index contributed by atoms with van der Waals surface area (Å²) in [6.07, 6.45) is 1.83. The minimum Gasteiger partial charge on any atom is -0.391 e. The zero-order valence-corrected chi connectivity index (χ0v) is 20.4. The van der Waals surface area contributed by atoms with Gasteiger partial charge in [0, 0.05) is 25.3 Å². The molecule has 2 atom stereocenters. The average molecular weight is 486 g/mol. The average Bonchev–Trinajstić information content (AvgIpc) is 3.41. The van der Waals surface area contributed by atoms with E-state index in [1.54, 1.807) is 16.8 Å². The summed E-state index contributed by atoms with van der Waals surface area (Å²) < 4.78 is 15.8. The SMILES string of the molecule is CC(C)Nc1cc(-c2cnc3ccc(N4CC[C@@H](O)C4)nn23)ncc1C(=O)NCC(F)C(C)(C)O. The second-order valence-corrected chi connectivity index (χ2v) is 9.74. The molecule has 0 aromatic carbocycles. The van der Waals surface area contributed by atoms with Gasteiger partial charge in [0.2, 0.25) is 0 Å². The number of carbonyl (C=O) groups excluding carboxylic acids is 1. The van der Waals surface area contributed by atoms with Gasteiger partial charge in [0.25, 0.3) is 5.91 Å². The molecular formula is C24H32FN7O3. The number of anilines is 2. The molecule has 0 bridgehead atoms. The second kappa shape index (κ2) is 9.74. The van der Waals surface area contributed by atoms with Crippen LogP contribution in [0.25, 0.3) is 17.0 Å². The number of β-amino-alcohol motifs (C(OH)–C–C–N with tert-alkyl or cyclic N) is 1. The highest BCUT2D eigenvalue weighted by Gasteiger charge is 2.27. The molecule has 1 saturated heterocycles. The summed E-state index contributed by atoms with van der Waals surface area (Å²) in [7, 11) is 0. The van der Waals surface area contributed by atoms with Gasteiger partial charge in [-0.2, -0.15) is 0 Å². The van der Waals surface area contributed by atoms with Crippen molar-refractivity contribution in [2.75, 3.05) is 29.9 Å². The third-order valence-corrected chi connectivity index (χ3v) is 5.90. The van der Waals surface area contributed by atoms with E-state index in [1.165, 1.54) is 20.0 Å². The number of nitrogens with zero attached hydrogens (tertiary/aromatic N) is 5. The van der Waals surface area contributed by atoms with Gasteiger partial charge in [-0.25, -0.2) is 13.9 Å². The highest BCUT2D eigenvalue weighted by Crippen LogP contribution is 2.26. The van der Waals surface area contributed by atoms with Crippen molar-refractivity contribution in [3.63, 3.8) is 0 Å². The Balaban J connectivity index is 1.64. The standard InChI is InChI=1S/C24H32FN7O3/c1-14(2)29-17-9-18(26-10-16(17)23(34)28-12-20(25)24(3,4)35)19-11-27-21-5-6-22(30-32(19)21)31-8-7-15(33)13-31/h5-6,9-11,14-15,20,33,35H,7-8,12-13H2,1-4H3,(H,26,29)(H,28,34)/t15-,20?/m1/s1. The van der Waals surface area contributed by atoms with Gasteiger partial charge in [-0.15, -0.1) is 5.10 Å². The lowest BCUT2D eigenvalue weighted by Gasteiger charge is -2.23. The van der Waals surface area contributed by atoms with Crippen LogP contribution >= 0.6 is 0 Å². The molecule has 1 amide bonds. The van der Waals surface area contributed by atoms with Crippen molar-refractivity contribution < 1.29 is 19.4 Å². The molecule has 1 fully saturated rings. The molecule has 11 heteroatoms. The first-order valence-corrected chi connectivity index (χ1v) is 11.7. The van der Waals surface area contributed by atoms with E-state index in [-0.39, 0.29) is 24.3 Å². The van der Waals surface area contributed by atoms with Gasteiger partial charge >= 0.3 is 0 Å². The fourth-order valence-corrected chi connectivity index (χ4v) is 3.89. The lowest BCUT2D eigenvalue weighted by molar-refractivity contribution is -0.00177. The Morgan fingerprint density at radius 2 is 2.06 bits per heavy atom. The number of hydrogen-bond acceptors (Lipinski definition) is 8. The Labute approximate surface area is 203 Å². The summed E-state index contributed by atoms with van der Waals surface area (Å²) in [5.74, 6) is 0.239. The number of rotatable bonds is 8. The molecule has 10 nitrogen and oxygen atoms in total. The lowest BCUT2D eigenvalue weighted by atomic mass is 10.0. The van der Waals surface area contributed by atoms with E-state index in [0.717, 1.165) is 12.4 Å². The fourth-order valence-electron chi connectivity index (χ4n) is 3.89. The first-order chi connectivity index (χ1) is 16.5. The van der Waals surface area contributed by atoms with Gasteiger partial charge in [-0.3, -0.25) is 9.78 Å². The highest BCUT2D eigenvalue weighted by atomic mass is 19.1. The molecule has 0 saturated carbocycles. The Kier molecular flexibility index (Phi) is 6.91. The van der Waals surface area contributed by atoms with Crippen LogP contribution < -0.4 is 15.5 Å². The van der Waals surface area contributed by atoms with Gasteiger partial charge in [0.15, 0.2) is 5.65 Å². The molecule has 1 aliphatic heterocycles. The van der Waals surface area contributed by atoms with Crippen LogP contribution in [0.1, 0.15) is 44.5 Å². The quantitative estimate of drug-likeness (QED) is 0.382. The van der Waals surface area contributed by atoms with Gasteiger partial charge in [0.05, 0.1) is 41.4 Å². The largest absolute Gasteiger partial charge is 0.391 e. The number of nitrogens with one attached hydrogen (secondary N) is 2. The summed E-state index contributed by atoms with van der Waals surface area (Å²) in [5.41, 5.74) is 1.09. The smallest absolute Gasteiger partial charge is 0.255 e. The number of hydrogen-bond donors (Lipinski definition) is 4. The number of fused-ring (bicyclic) bond motifs is 1. The molecule has 3 aromatic rings. The van der Waals surface area contributed by atoms with Crippen LogP contribution in [-0.2, 0) is 0 Å². The highest BCUT2D eigenvalue weighted by molar-refractivity contribution is 6.00. The molecule has 0 radical (unpaired) electrons.